The third-order valence-corrected chi connectivity index (χ3v) is 1.12. The molecule has 0 spiro atoms. The molecule has 0 aromatic carbocycles. The van der Waals surface area contributed by atoms with Crippen LogP contribution in [0.15, 0.2) is 12.7 Å². The Bertz CT molecular complexity index is 234. The van der Waals surface area contributed by atoms with E-state index < -0.39 is 21.9 Å². The van der Waals surface area contributed by atoms with Gasteiger partial charge in [0.2, 0.25) is 5.91 Å². The van der Waals surface area contributed by atoms with Gasteiger partial charge in [-0.15, -0.1) is 0 Å². The monoisotopic (exact) mass is 205 g/mol. The summed E-state index contributed by atoms with van der Waals surface area (Å²) in [5.41, 5.74) is 0. The van der Waals surface area contributed by atoms with E-state index in [2.05, 4.69) is 6.58 Å². The zero-order valence-corrected chi connectivity index (χ0v) is 5.89. The fourth-order valence-corrected chi connectivity index (χ4v) is 0.559. The fraction of sp³-hybridized carbons (Fsp3) is 0.250. The zero-order chi connectivity index (χ0) is 8.20. The van der Waals surface area contributed by atoms with Gasteiger partial charge >= 0.3 is 51.4 Å². The molecule has 5 nitrogen and oxygen atoms in total. The first-order valence-electron chi connectivity index (χ1n) is 2.31. The summed E-state index contributed by atoms with van der Waals surface area (Å²) in [7, 11) is -4.11. The summed E-state index contributed by atoms with van der Waals surface area (Å²) in [5.74, 6) is -1.42. The van der Waals surface area contributed by atoms with Crippen LogP contribution in [0.1, 0.15) is 0 Å². The van der Waals surface area contributed by atoms with Gasteiger partial charge in [0.1, 0.15) is 5.88 Å². The quantitative estimate of drug-likeness (QED) is 0.333. The van der Waals surface area contributed by atoms with Gasteiger partial charge in [0, 0.05) is 0 Å². The Kier molecular flexibility index (Phi) is 8.17. The SMILES string of the molecule is C=CC(=O)NCS(=O)(=O)O.[KH]. The van der Waals surface area contributed by atoms with E-state index in [1.807, 2.05) is 5.32 Å². The van der Waals surface area contributed by atoms with Gasteiger partial charge in [0.15, 0.2) is 0 Å². The molecule has 60 valence electrons. The van der Waals surface area contributed by atoms with Crippen molar-refractivity contribution in [1.29, 1.82) is 0 Å². The Labute approximate surface area is 107 Å². The zero-order valence-electron chi connectivity index (χ0n) is 5.07. The van der Waals surface area contributed by atoms with Crippen molar-refractivity contribution in [2.45, 2.75) is 0 Å². The van der Waals surface area contributed by atoms with Crippen LogP contribution in [0, 0.1) is 0 Å². The maximum atomic E-state index is 10.3. The molecule has 0 saturated carbocycles. The number of rotatable bonds is 3. The summed E-state index contributed by atoms with van der Waals surface area (Å²) in [4.78, 5) is 10.3. The second-order valence-electron chi connectivity index (χ2n) is 1.47. The molecule has 0 radical (unpaired) electrons. The number of hydrogen-bond donors (Lipinski definition) is 2. The Morgan fingerprint density at radius 1 is 1.64 bits per heavy atom. The van der Waals surface area contributed by atoms with E-state index >= 15 is 0 Å². The second-order valence-corrected chi connectivity index (χ2v) is 2.92. The predicted octanol–water partition coefficient (Wildman–Crippen LogP) is -1.51. The van der Waals surface area contributed by atoms with Crippen LogP contribution in [-0.2, 0) is 14.9 Å². The Morgan fingerprint density at radius 2 is 2.09 bits per heavy atom. The van der Waals surface area contributed by atoms with Crippen molar-refractivity contribution in [2.75, 3.05) is 5.88 Å². The number of nitrogens with one attached hydrogen (secondary N) is 1. The van der Waals surface area contributed by atoms with Crippen molar-refractivity contribution in [3.63, 3.8) is 0 Å². The molecule has 2 N–H and O–H groups in total. The van der Waals surface area contributed by atoms with Crippen LogP contribution in [0.3, 0.4) is 0 Å². The molecule has 0 fully saturated rings. The second kappa shape index (κ2) is 6.29. The number of carbonyl (C=O) groups excluding carboxylic acids is 1. The topological polar surface area (TPSA) is 83.5 Å². The van der Waals surface area contributed by atoms with Crippen molar-refractivity contribution in [1.82, 2.24) is 5.32 Å². The van der Waals surface area contributed by atoms with Gasteiger partial charge < -0.3 is 5.32 Å². The molecular formula is C4H8KNO4S. The molecular weight excluding hydrogens is 197 g/mol. The molecule has 0 aromatic rings. The summed E-state index contributed by atoms with van der Waals surface area (Å²) >= 11 is 0. The minimum absolute atomic E-state index is 0. The Morgan fingerprint density at radius 3 is 2.36 bits per heavy atom. The molecule has 0 saturated heterocycles. The van der Waals surface area contributed by atoms with Crippen LogP contribution in [-0.4, -0.2) is 76.1 Å². The van der Waals surface area contributed by atoms with Gasteiger partial charge in [-0.25, -0.2) is 0 Å². The van der Waals surface area contributed by atoms with E-state index in [9.17, 15) is 13.2 Å². The molecule has 0 heterocycles. The van der Waals surface area contributed by atoms with Crippen molar-refractivity contribution < 1.29 is 17.8 Å². The molecule has 1 amide bonds. The van der Waals surface area contributed by atoms with Crippen LogP contribution in [0.25, 0.3) is 0 Å². The molecule has 11 heavy (non-hydrogen) atoms. The van der Waals surface area contributed by atoms with E-state index in [0.717, 1.165) is 6.08 Å². The van der Waals surface area contributed by atoms with E-state index in [1.54, 1.807) is 0 Å². The Balaban J connectivity index is 0. The standard InChI is InChI=1S/C4H7NO4S.K.H/c1-2-4(6)5-3-10(7,8)9;;/h2H,1,3H2,(H,5,6)(H,7,8,9);;. The maximum absolute atomic E-state index is 10.3. The van der Waals surface area contributed by atoms with Crippen LogP contribution in [0.4, 0.5) is 0 Å². The number of hydrogen-bond acceptors (Lipinski definition) is 3. The van der Waals surface area contributed by atoms with Crippen molar-refractivity contribution in [3.8, 4) is 0 Å². The molecule has 0 aromatic heterocycles. The van der Waals surface area contributed by atoms with E-state index in [4.69, 9.17) is 4.55 Å². The fourth-order valence-electron chi connectivity index (χ4n) is 0.234. The normalized spacial score (nSPS) is 9.55. The summed E-state index contributed by atoms with van der Waals surface area (Å²) in [6.45, 7) is 3.07. The first-order chi connectivity index (χ1) is 4.45. The Hall–Kier alpha value is 0.756. The van der Waals surface area contributed by atoms with Gasteiger partial charge in [-0.3, -0.25) is 9.35 Å². The third-order valence-electron chi connectivity index (χ3n) is 0.614. The summed E-state index contributed by atoms with van der Waals surface area (Å²) in [6.07, 6.45) is 0.908. The molecule has 0 bridgehead atoms. The summed E-state index contributed by atoms with van der Waals surface area (Å²) in [5, 5.41) is 1.88. The molecule has 0 rings (SSSR count). The first kappa shape index (κ1) is 14.3. The van der Waals surface area contributed by atoms with Gasteiger partial charge in [-0.05, 0) is 6.08 Å². The van der Waals surface area contributed by atoms with E-state index in [1.165, 1.54) is 0 Å². The van der Waals surface area contributed by atoms with Crippen LogP contribution >= 0.6 is 0 Å². The molecule has 0 aliphatic heterocycles. The van der Waals surface area contributed by atoms with Crippen molar-refractivity contribution in [2.24, 2.45) is 0 Å². The van der Waals surface area contributed by atoms with Gasteiger partial charge in [-0.1, -0.05) is 6.58 Å². The van der Waals surface area contributed by atoms with Crippen LogP contribution in [0.5, 0.6) is 0 Å². The molecule has 7 heteroatoms. The van der Waals surface area contributed by atoms with Crippen molar-refractivity contribution in [3.05, 3.63) is 12.7 Å². The van der Waals surface area contributed by atoms with E-state index in [0.29, 0.717) is 0 Å². The van der Waals surface area contributed by atoms with E-state index in [-0.39, 0.29) is 51.4 Å². The van der Waals surface area contributed by atoms with Gasteiger partial charge in [0.05, 0.1) is 0 Å². The summed E-state index contributed by atoms with van der Waals surface area (Å²) < 4.78 is 28.0. The third kappa shape index (κ3) is 10.8. The first-order valence-corrected chi connectivity index (χ1v) is 3.92. The van der Waals surface area contributed by atoms with Gasteiger partial charge in [0.25, 0.3) is 10.1 Å². The molecule has 0 unspecified atom stereocenters. The average molecular weight is 205 g/mol. The van der Waals surface area contributed by atoms with Gasteiger partial charge in [-0.2, -0.15) is 8.42 Å². The number of amides is 1. The average Bonchev–Trinajstić information content (AvgIpc) is 1.81. The van der Waals surface area contributed by atoms with Crippen molar-refractivity contribution >= 4 is 67.4 Å². The van der Waals surface area contributed by atoms with Crippen LogP contribution < -0.4 is 5.32 Å². The summed E-state index contributed by atoms with van der Waals surface area (Å²) in [6, 6.07) is 0. The molecule has 0 aliphatic rings. The predicted molar refractivity (Wildman–Crippen MR) is 41.9 cm³/mol. The molecule has 0 atom stereocenters. The number of carbonyl (C=O) groups is 1. The van der Waals surface area contributed by atoms with Crippen LogP contribution in [0.2, 0.25) is 0 Å². The minimum atomic E-state index is -4.11. The molecule has 0 aliphatic carbocycles.